The van der Waals surface area contributed by atoms with Crippen molar-refractivity contribution in [2.75, 3.05) is 0 Å². The van der Waals surface area contributed by atoms with Gasteiger partial charge in [-0.05, 0) is 37.5 Å². The Labute approximate surface area is 180 Å². The molecular formula is C24H26O7. The van der Waals surface area contributed by atoms with Crippen molar-refractivity contribution in [3.63, 3.8) is 0 Å². The van der Waals surface area contributed by atoms with Crippen molar-refractivity contribution in [3.05, 3.63) is 57.1 Å². The number of hydrogen-bond acceptors (Lipinski definition) is 7. The van der Waals surface area contributed by atoms with Gasteiger partial charge in [-0.15, -0.1) is 0 Å². The Morgan fingerprint density at radius 2 is 1.77 bits per heavy atom. The second kappa shape index (κ2) is 7.80. The summed E-state index contributed by atoms with van der Waals surface area (Å²) >= 11 is 0. The first-order valence-corrected chi connectivity index (χ1v) is 10.1. The maximum absolute atomic E-state index is 13.2. The molecule has 7 nitrogen and oxygen atoms in total. The molecule has 0 saturated heterocycles. The van der Waals surface area contributed by atoms with Crippen molar-refractivity contribution in [2.24, 2.45) is 5.41 Å². The first-order valence-electron chi connectivity index (χ1n) is 10.1. The number of ketones is 2. The standard InChI is InChI=1S/C24H26O7/c1-11(30-14(4)25)9-17-21(28)22(29)20-16(23(17)31-15(5)26)7-8-18-12(2)13(3)19(27)10-24(18,20)6/h7-8,11,29H,9-10H2,1-6H3. The smallest absolute Gasteiger partial charge is 0.308 e. The third-order valence-electron chi connectivity index (χ3n) is 6.08. The van der Waals surface area contributed by atoms with E-state index in [-0.39, 0.29) is 35.5 Å². The third kappa shape index (κ3) is 3.69. The molecule has 0 aromatic carbocycles. The number of aliphatic hydroxyl groups excluding tert-OH is 1. The lowest BCUT2D eigenvalue weighted by Gasteiger charge is -2.43. The summed E-state index contributed by atoms with van der Waals surface area (Å²) in [5.74, 6) is -2.38. The molecule has 0 aliphatic heterocycles. The van der Waals surface area contributed by atoms with Crippen LogP contribution in [0.2, 0.25) is 0 Å². The highest BCUT2D eigenvalue weighted by Crippen LogP contribution is 2.55. The second-order valence-electron chi connectivity index (χ2n) is 8.42. The van der Waals surface area contributed by atoms with Crippen LogP contribution >= 0.6 is 0 Å². The van der Waals surface area contributed by atoms with Gasteiger partial charge < -0.3 is 14.6 Å². The average molecular weight is 426 g/mol. The fraction of sp³-hybridized carbons (Fsp3) is 0.417. The van der Waals surface area contributed by atoms with Gasteiger partial charge in [0.25, 0.3) is 0 Å². The van der Waals surface area contributed by atoms with Gasteiger partial charge in [0.1, 0.15) is 11.9 Å². The SMILES string of the molecule is CC(=O)OC1=C(CC(C)OC(C)=O)C(=O)C(O)=C2C1=CC=C1C(C)=C(C)C(=O)CC12C. The van der Waals surface area contributed by atoms with E-state index in [0.29, 0.717) is 11.1 Å². The molecular weight excluding hydrogens is 400 g/mol. The van der Waals surface area contributed by atoms with E-state index >= 15 is 0 Å². The predicted octanol–water partition coefficient (Wildman–Crippen LogP) is 3.72. The van der Waals surface area contributed by atoms with Gasteiger partial charge in [-0.3, -0.25) is 19.2 Å². The van der Waals surface area contributed by atoms with Crippen molar-refractivity contribution < 1.29 is 33.8 Å². The molecule has 3 rings (SSSR count). The number of carbonyl (C=O) groups is 4. The number of esters is 2. The summed E-state index contributed by atoms with van der Waals surface area (Å²) in [5, 5.41) is 11.0. The average Bonchev–Trinajstić information content (AvgIpc) is 2.65. The van der Waals surface area contributed by atoms with Crippen molar-refractivity contribution in [1.82, 2.24) is 0 Å². The summed E-state index contributed by atoms with van der Waals surface area (Å²) in [5.41, 5.74) is 2.04. The molecule has 3 aliphatic rings. The van der Waals surface area contributed by atoms with Gasteiger partial charge in [0.05, 0.1) is 5.57 Å². The van der Waals surface area contributed by atoms with Gasteiger partial charge >= 0.3 is 11.9 Å². The maximum Gasteiger partial charge on any atom is 0.308 e. The third-order valence-corrected chi connectivity index (χ3v) is 6.08. The zero-order valence-corrected chi connectivity index (χ0v) is 18.5. The molecule has 1 N–H and O–H groups in total. The van der Waals surface area contributed by atoms with Crippen molar-refractivity contribution in [3.8, 4) is 0 Å². The Hall–Kier alpha value is -3.22. The zero-order valence-electron chi connectivity index (χ0n) is 18.5. The lowest BCUT2D eigenvalue weighted by molar-refractivity contribution is -0.146. The number of Topliss-reactive ketones (excluding diaryl/α,β-unsaturated/α-hetero) is 2. The molecule has 0 saturated carbocycles. The predicted molar refractivity (Wildman–Crippen MR) is 112 cm³/mol. The van der Waals surface area contributed by atoms with Crippen molar-refractivity contribution in [1.29, 1.82) is 0 Å². The van der Waals surface area contributed by atoms with E-state index in [2.05, 4.69) is 0 Å². The van der Waals surface area contributed by atoms with Crippen LogP contribution in [0.25, 0.3) is 0 Å². The summed E-state index contributed by atoms with van der Waals surface area (Å²) in [6.45, 7) is 9.48. The Morgan fingerprint density at radius 3 is 2.35 bits per heavy atom. The molecule has 0 amide bonds. The molecule has 0 aromatic rings. The zero-order chi connectivity index (χ0) is 23.2. The number of allylic oxidation sites excluding steroid dienone is 7. The first kappa shape index (κ1) is 22.5. The first-order chi connectivity index (χ1) is 14.4. The number of carbonyl (C=O) groups excluding carboxylic acids is 4. The van der Waals surface area contributed by atoms with Crippen LogP contribution in [0.1, 0.15) is 54.4 Å². The number of hydrogen-bond donors (Lipinski definition) is 1. The molecule has 0 fully saturated rings. The summed E-state index contributed by atoms with van der Waals surface area (Å²) in [7, 11) is 0. The van der Waals surface area contributed by atoms with E-state index in [1.165, 1.54) is 13.8 Å². The molecule has 0 radical (unpaired) electrons. The monoisotopic (exact) mass is 426 g/mol. The molecule has 0 bridgehead atoms. The molecule has 7 heteroatoms. The molecule has 0 spiro atoms. The quantitative estimate of drug-likeness (QED) is 0.683. The van der Waals surface area contributed by atoms with Crippen LogP contribution in [0.5, 0.6) is 0 Å². The normalized spacial score (nSPS) is 24.3. The summed E-state index contributed by atoms with van der Waals surface area (Å²) in [6, 6.07) is 0. The van der Waals surface area contributed by atoms with Crippen LogP contribution in [-0.4, -0.2) is 34.7 Å². The highest BCUT2D eigenvalue weighted by Gasteiger charge is 2.49. The van der Waals surface area contributed by atoms with E-state index < -0.39 is 35.0 Å². The molecule has 0 heterocycles. The lowest BCUT2D eigenvalue weighted by atomic mass is 9.59. The number of ether oxygens (including phenoxy) is 2. The van der Waals surface area contributed by atoms with E-state index in [4.69, 9.17) is 9.47 Å². The number of rotatable bonds is 4. The van der Waals surface area contributed by atoms with E-state index in [1.54, 1.807) is 26.8 Å². The topological polar surface area (TPSA) is 107 Å². The fourth-order valence-corrected chi connectivity index (χ4v) is 4.61. The molecule has 2 atom stereocenters. The van der Waals surface area contributed by atoms with Gasteiger partial charge in [-0.2, -0.15) is 0 Å². The van der Waals surface area contributed by atoms with Gasteiger partial charge in [0.2, 0.25) is 5.78 Å². The number of fused-ring (bicyclic) bond motifs is 3. The molecule has 0 aromatic heterocycles. The van der Waals surface area contributed by atoms with Crippen LogP contribution in [0.15, 0.2) is 57.1 Å². The fourth-order valence-electron chi connectivity index (χ4n) is 4.61. The van der Waals surface area contributed by atoms with E-state index in [9.17, 15) is 24.3 Å². The second-order valence-corrected chi connectivity index (χ2v) is 8.42. The lowest BCUT2D eigenvalue weighted by Crippen LogP contribution is -2.38. The van der Waals surface area contributed by atoms with Crippen LogP contribution in [0.4, 0.5) is 0 Å². The summed E-state index contributed by atoms with van der Waals surface area (Å²) in [4.78, 5) is 49.0. The van der Waals surface area contributed by atoms with Crippen molar-refractivity contribution >= 4 is 23.5 Å². The highest BCUT2D eigenvalue weighted by molar-refractivity contribution is 6.11. The Morgan fingerprint density at radius 1 is 1.13 bits per heavy atom. The van der Waals surface area contributed by atoms with Gasteiger partial charge in [0, 0.05) is 43.3 Å². The molecule has 2 unspecified atom stereocenters. The largest absolute Gasteiger partial charge is 0.504 e. The van der Waals surface area contributed by atoms with E-state index in [0.717, 1.165) is 11.1 Å². The van der Waals surface area contributed by atoms with Crippen LogP contribution in [-0.2, 0) is 28.7 Å². The molecule has 164 valence electrons. The number of aliphatic hydroxyl groups is 1. The molecule has 3 aliphatic carbocycles. The van der Waals surface area contributed by atoms with Crippen LogP contribution < -0.4 is 0 Å². The highest BCUT2D eigenvalue weighted by atomic mass is 16.5. The van der Waals surface area contributed by atoms with Crippen LogP contribution in [0, 0.1) is 5.41 Å². The Kier molecular flexibility index (Phi) is 5.65. The summed E-state index contributed by atoms with van der Waals surface area (Å²) in [6.07, 6.45) is 2.89. The van der Waals surface area contributed by atoms with Gasteiger partial charge in [-0.25, -0.2) is 0 Å². The maximum atomic E-state index is 13.2. The Balaban J connectivity index is 2.22. The summed E-state index contributed by atoms with van der Waals surface area (Å²) < 4.78 is 10.6. The Bertz CT molecular complexity index is 1080. The van der Waals surface area contributed by atoms with E-state index in [1.807, 2.05) is 13.0 Å². The minimum atomic E-state index is -0.942. The van der Waals surface area contributed by atoms with Crippen molar-refractivity contribution in [2.45, 2.75) is 60.5 Å². The minimum Gasteiger partial charge on any atom is -0.504 e. The molecule has 31 heavy (non-hydrogen) atoms. The van der Waals surface area contributed by atoms with Gasteiger partial charge in [-0.1, -0.05) is 19.1 Å². The minimum absolute atomic E-state index is 0.0252. The van der Waals surface area contributed by atoms with Crippen LogP contribution in [0.3, 0.4) is 0 Å². The van der Waals surface area contributed by atoms with Gasteiger partial charge in [0.15, 0.2) is 11.5 Å².